The molecule has 4 aromatic rings. The first-order chi connectivity index (χ1) is 14.1. The highest BCUT2D eigenvalue weighted by Crippen LogP contribution is 2.14. The third-order valence-electron chi connectivity index (χ3n) is 4.79. The average molecular weight is 384 g/mol. The molecule has 0 aliphatic rings. The third kappa shape index (κ3) is 4.16. The van der Waals surface area contributed by atoms with E-state index in [1.165, 1.54) is 0 Å². The molecule has 3 N–H and O–H groups in total. The lowest BCUT2D eigenvalue weighted by Gasteiger charge is -2.08. The highest BCUT2D eigenvalue weighted by Gasteiger charge is 2.07. The van der Waals surface area contributed by atoms with E-state index in [2.05, 4.69) is 33.1 Å². The number of hydrogen-bond acceptors (Lipinski definition) is 3. The number of rotatable bonds is 6. The first-order valence-corrected chi connectivity index (χ1v) is 9.26. The Morgan fingerprint density at radius 3 is 2.24 bits per heavy atom. The summed E-state index contributed by atoms with van der Waals surface area (Å²) in [7, 11) is 0. The maximum absolute atomic E-state index is 12.3. The summed E-state index contributed by atoms with van der Waals surface area (Å²) in [5.41, 5.74) is 10.3. The van der Waals surface area contributed by atoms with Crippen LogP contribution in [0.25, 0.3) is 11.0 Å². The Hall–Kier alpha value is -3.93. The molecule has 0 radical (unpaired) electrons. The van der Waals surface area contributed by atoms with Gasteiger partial charge >= 0.3 is 0 Å². The van der Waals surface area contributed by atoms with E-state index in [0.29, 0.717) is 17.7 Å². The van der Waals surface area contributed by atoms with E-state index < -0.39 is 5.91 Å². The van der Waals surface area contributed by atoms with Gasteiger partial charge in [-0.15, -0.1) is 0 Å². The lowest BCUT2D eigenvalue weighted by molar-refractivity contribution is 0.0948. The fourth-order valence-electron chi connectivity index (χ4n) is 3.17. The summed E-state index contributed by atoms with van der Waals surface area (Å²) in [5, 5.41) is 2.88. The van der Waals surface area contributed by atoms with E-state index in [-0.39, 0.29) is 5.91 Å². The van der Waals surface area contributed by atoms with Crippen LogP contribution in [-0.2, 0) is 13.1 Å². The fourth-order valence-corrected chi connectivity index (χ4v) is 3.17. The highest BCUT2D eigenvalue weighted by molar-refractivity contribution is 5.97. The number of aromatic nitrogens is 2. The monoisotopic (exact) mass is 384 g/mol. The second kappa shape index (κ2) is 7.98. The molecule has 0 aliphatic heterocycles. The van der Waals surface area contributed by atoms with Crippen molar-refractivity contribution in [3.63, 3.8) is 0 Å². The van der Waals surface area contributed by atoms with Crippen molar-refractivity contribution < 1.29 is 9.59 Å². The third-order valence-corrected chi connectivity index (χ3v) is 4.79. The summed E-state index contributed by atoms with van der Waals surface area (Å²) in [6.45, 7) is 1.16. The van der Waals surface area contributed by atoms with Gasteiger partial charge in [-0.05, 0) is 47.5 Å². The van der Waals surface area contributed by atoms with E-state index in [9.17, 15) is 9.59 Å². The van der Waals surface area contributed by atoms with Crippen molar-refractivity contribution in [2.75, 3.05) is 0 Å². The summed E-state index contributed by atoms with van der Waals surface area (Å²) in [6, 6.07) is 22.4. The van der Waals surface area contributed by atoms with Gasteiger partial charge in [-0.25, -0.2) is 4.98 Å². The lowest BCUT2D eigenvalue weighted by atomic mass is 10.1. The molecular weight excluding hydrogens is 364 g/mol. The van der Waals surface area contributed by atoms with E-state index in [0.717, 1.165) is 28.7 Å². The van der Waals surface area contributed by atoms with Crippen molar-refractivity contribution in [1.29, 1.82) is 0 Å². The van der Waals surface area contributed by atoms with Crippen molar-refractivity contribution in [3.05, 3.63) is 101 Å². The summed E-state index contributed by atoms with van der Waals surface area (Å²) in [5.74, 6) is -0.712. The number of nitrogens with zero attached hydrogens (tertiary/aromatic N) is 2. The molecule has 4 rings (SSSR count). The zero-order valence-corrected chi connectivity index (χ0v) is 15.7. The number of benzene rings is 3. The van der Waals surface area contributed by atoms with Crippen LogP contribution in [-0.4, -0.2) is 21.4 Å². The van der Waals surface area contributed by atoms with Gasteiger partial charge in [0, 0.05) is 24.2 Å². The number of nitrogens with two attached hydrogens (primary N) is 1. The van der Waals surface area contributed by atoms with Gasteiger partial charge in [-0.1, -0.05) is 36.4 Å². The fraction of sp³-hybridized carbons (Fsp3) is 0.0870. The normalized spacial score (nSPS) is 10.8. The van der Waals surface area contributed by atoms with Crippen LogP contribution in [0.5, 0.6) is 0 Å². The van der Waals surface area contributed by atoms with Crippen molar-refractivity contribution in [2.45, 2.75) is 13.1 Å². The first kappa shape index (κ1) is 18.4. The predicted octanol–water partition coefficient (Wildman–Crippen LogP) is 3.11. The minimum Gasteiger partial charge on any atom is -0.366 e. The Morgan fingerprint density at radius 2 is 1.52 bits per heavy atom. The molecule has 0 fully saturated rings. The molecule has 0 saturated carbocycles. The van der Waals surface area contributed by atoms with E-state index in [1.54, 1.807) is 24.3 Å². The first-order valence-electron chi connectivity index (χ1n) is 9.26. The van der Waals surface area contributed by atoms with Crippen LogP contribution in [0.4, 0.5) is 0 Å². The number of amides is 2. The number of nitrogens with one attached hydrogen (secondary N) is 1. The predicted molar refractivity (Wildman–Crippen MR) is 111 cm³/mol. The van der Waals surface area contributed by atoms with E-state index in [1.807, 2.05) is 36.7 Å². The van der Waals surface area contributed by atoms with Gasteiger partial charge in [0.1, 0.15) is 0 Å². The Labute approximate surface area is 168 Å². The van der Waals surface area contributed by atoms with Gasteiger partial charge in [0.05, 0.1) is 17.4 Å². The Balaban J connectivity index is 1.37. The lowest BCUT2D eigenvalue weighted by Crippen LogP contribution is -2.23. The largest absolute Gasteiger partial charge is 0.366 e. The second-order valence-electron chi connectivity index (χ2n) is 6.80. The standard InChI is InChI=1S/C23H20N4O2/c24-22(28)18-9-11-19(12-10-18)23(29)25-13-16-5-7-17(8-6-16)14-27-15-26-20-3-1-2-4-21(20)27/h1-12,15H,13-14H2,(H2,24,28)(H,25,29). The second-order valence-corrected chi connectivity index (χ2v) is 6.80. The molecule has 0 bridgehead atoms. The Morgan fingerprint density at radius 1 is 0.862 bits per heavy atom. The molecule has 6 heteroatoms. The van der Waals surface area contributed by atoms with Gasteiger partial charge in [-0.2, -0.15) is 0 Å². The molecule has 3 aromatic carbocycles. The van der Waals surface area contributed by atoms with Crippen LogP contribution >= 0.6 is 0 Å². The summed E-state index contributed by atoms with van der Waals surface area (Å²) in [4.78, 5) is 27.8. The molecule has 0 atom stereocenters. The Kier molecular flexibility index (Phi) is 5.07. The van der Waals surface area contributed by atoms with Crippen LogP contribution in [0.1, 0.15) is 31.8 Å². The summed E-state index contributed by atoms with van der Waals surface area (Å²) >= 11 is 0. The molecule has 144 valence electrons. The molecular formula is C23H20N4O2. The molecule has 29 heavy (non-hydrogen) atoms. The molecule has 0 saturated heterocycles. The Bertz CT molecular complexity index is 1160. The molecule has 1 aromatic heterocycles. The smallest absolute Gasteiger partial charge is 0.251 e. The van der Waals surface area contributed by atoms with Crippen LogP contribution in [0.15, 0.2) is 79.1 Å². The van der Waals surface area contributed by atoms with Crippen LogP contribution in [0.3, 0.4) is 0 Å². The SMILES string of the molecule is NC(=O)c1ccc(C(=O)NCc2ccc(Cn3cnc4ccccc43)cc2)cc1. The van der Waals surface area contributed by atoms with Crippen LogP contribution in [0, 0.1) is 0 Å². The topological polar surface area (TPSA) is 90.0 Å². The van der Waals surface area contributed by atoms with Gasteiger partial charge in [-0.3, -0.25) is 9.59 Å². The molecule has 2 amide bonds. The number of primary amides is 1. The minimum absolute atomic E-state index is 0.199. The zero-order chi connectivity index (χ0) is 20.2. The van der Waals surface area contributed by atoms with Gasteiger partial charge < -0.3 is 15.6 Å². The number of carbonyl (C=O) groups excluding carboxylic acids is 2. The van der Waals surface area contributed by atoms with Crippen molar-refractivity contribution in [3.8, 4) is 0 Å². The van der Waals surface area contributed by atoms with Crippen molar-refractivity contribution >= 4 is 22.8 Å². The van der Waals surface area contributed by atoms with Gasteiger partial charge in [0.15, 0.2) is 0 Å². The zero-order valence-electron chi connectivity index (χ0n) is 15.7. The number of para-hydroxylation sites is 2. The average Bonchev–Trinajstić information content (AvgIpc) is 3.16. The maximum Gasteiger partial charge on any atom is 0.251 e. The maximum atomic E-state index is 12.3. The van der Waals surface area contributed by atoms with Gasteiger partial charge in [0.25, 0.3) is 5.91 Å². The van der Waals surface area contributed by atoms with Crippen molar-refractivity contribution in [2.24, 2.45) is 5.73 Å². The molecule has 0 unspecified atom stereocenters. The van der Waals surface area contributed by atoms with E-state index >= 15 is 0 Å². The van der Waals surface area contributed by atoms with Crippen LogP contribution in [0.2, 0.25) is 0 Å². The minimum atomic E-state index is -0.513. The molecule has 0 aliphatic carbocycles. The van der Waals surface area contributed by atoms with Crippen LogP contribution < -0.4 is 11.1 Å². The van der Waals surface area contributed by atoms with Gasteiger partial charge in [0.2, 0.25) is 5.91 Å². The number of hydrogen-bond donors (Lipinski definition) is 2. The molecule has 1 heterocycles. The number of carbonyl (C=O) groups is 2. The van der Waals surface area contributed by atoms with E-state index in [4.69, 9.17) is 5.73 Å². The summed E-state index contributed by atoms with van der Waals surface area (Å²) < 4.78 is 2.11. The number of fused-ring (bicyclic) bond motifs is 1. The quantitative estimate of drug-likeness (QED) is 0.535. The van der Waals surface area contributed by atoms with Crippen molar-refractivity contribution in [1.82, 2.24) is 14.9 Å². The summed E-state index contributed by atoms with van der Waals surface area (Å²) in [6.07, 6.45) is 1.85. The molecule has 0 spiro atoms. The number of imidazole rings is 1. The molecule has 6 nitrogen and oxygen atoms in total. The highest BCUT2D eigenvalue weighted by atomic mass is 16.2.